The summed E-state index contributed by atoms with van der Waals surface area (Å²) in [6.45, 7) is 0. The van der Waals surface area contributed by atoms with Crippen LogP contribution in [0.25, 0.3) is 0 Å². The van der Waals surface area contributed by atoms with Gasteiger partial charge in [0.1, 0.15) is 5.82 Å². The van der Waals surface area contributed by atoms with E-state index >= 15 is 0 Å². The van der Waals surface area contributed by atoms with Gasteiger partial charge in [-0.2, -0.15) is 0 Å². The van der Waals surface area contributed by atoms with Crippen LogP contribution in [0.1, 0.15) is 11.1 Å². The van der Waals surface area contributed by atoms with Crippen molar-refractivity contribution in [3.63, 3.8) is 0 Å². The molecule has 1 aliphatic heterocycles. The Balaban J connectivity index is 2.19. The van der Waals surface area contributed by atoms with Crippen molar-refractivity contribution in [1.82, 2.24) is 5.43 Å². The molecule has 2 aromatic rings. The van der Waals surface area contributed by atoms with Gasteiger partial charge in [-0.1, -0.05) is 41.9 Å². The maximum absolute atomic E-state index is 6.11. The molecule has 2 aromatic carbocycles. The quantitative estimate of drug-likeness (QED) is 0.587. The first-order valence-electron chi connectivity index (χ1n) is 6.15. The molecular weight excluding hydrogens is 272 g/mol. The van der Waals surface area contributed by atoms with Gasteiger partial charge in [0.15, 0.2) is 0 Å². The van der Waals surface area contributed by atoms with Gasteiger partial charge in [-0.05, 0) is 18.2 Å². The fourth-order valence-electron chi connectivity index (χ4n) is 2.10. The molecule has 0 amide bonds. The van der Waals surface area contributed by atoms with Crippen molar-refractivity contribution >= 4 is 23.0 Å². The molecule has 20 heavy (non-hydrogen) atoms. The first-order valence-corrected chi connectivity index (χ1v) is 6.52. The number of aliphatic imine (C=N–C) groups is 1. The summed E-state index contributed by atoms with van der Waals surface area (Å²) in [5.74, 6) is 6.09. The fourth-order valence-corrected chi connectivity index (χ4v) is 2.27. The van der Waals surface area contributed by atoms with Gasteiger partial charge in [-0.3, -0.25) is 4.99 Å². The van der Waals surface area contributed by atoms with E-state index in [0.29, 0.717) is 10.8 Å². The number of hydrogen-bond donors (Lipinski definition) is 3. The van der Waals surface area contributed by atoms with Crippen LogP contribution in [-0.2, 0) is 0 Å². The predicted octanol–water partition coefficient (Wildman–Crippen LogP) is 2.87. The Hall–Kier alpha value is -2.30. The summed E-state index contributed by atoms with van der Waals surface area (Å²) >= 11 is 6.11. The summed E-state index contributed by atoms with van der Waals surface area (Å²) in [4.78, 5) is 4.52. The molecule has 3 rings (SSSR count). The zero-order chi connectivity index (χ0) is 13.9. The minimum Gasteiger partial charge on any atom is -0.339 e. The molecule has 0 aromatic heterocycles. The van der Waals surface area contributed by atoms with Crippen LogP contribution >= 0.6 is 11.6 Å². The first-order chi connectivity index (χ1) is 9.78. The maximum atomic E-state index is 6.11. The van der Waals surface area contributed by atoms with Gasteiger partial charge >= 0.3 is 0 Å². The molecule has 0 unspecified atom stereocenters. The van der Waals surface area contributed by atoms with Crippen LogP contribution in [-0.4, -0.2) is 5.71 Å². The van der Waals surface area contributed by atoms with Gasteiger partial charge in [0.25, 0.3) is 0 Å². The van der Waals surface area contributed by atoms with E-state index in [2.05, 4.69) is 15.7 Å². The maximum Gasteiger partial charge on any atom is 0.136 e. The van der Waals surface area contributed by atoms with Crippen molar-refractivity contribution in [2.24, 2.45) is 10.8 Å². The SMILES string of the molecule is NNC1=CN=C(c2ccccc2)c2cc(Cl)ccc2N1. The second kappa shape index (κ2) is 5.36. The molecule has 5 heteroatoms. The highest BCUT2D eigenvalue weighted by molar-refractivity contribution is 6.31. The number of halogens is 1. The van der Waals surface area contributed by atoms with E-state index in [4.69, 9.17) is 17.4 Å². The molecule has 4 nitrogen and oxygen atoms in total. The minimum absolute atomic E-state index is 0.625. The van der Waals surface area contributed by atoms with Crippen LogP contribution in [0.5, 0.6) is 0 Å². The number of hydrogen-bond acceptors (Lipinski definition) is 4. The van der Waals surface area contributed by atoms with E-state index in [1.54, 1.807) is 6.20 Å². The lowest BCUT2D eigenvalue weighted by Crippen LogP contribution is -2.25. The predicted molar refractivity (Wildman–Crippen MR) is 82.6 cm³/mol. The van der Waals surface area contributed by atoms with Crippen molar-refractivity contribution in [2.75, 3.05) is 5.32 Å². The average Bonchev–Trinajstić information content (AvgIpc) is 2.67. The van der Waals surface area contributed by atoms with Crippen molar-refractivity contribution in [2.45, 2.75) is 0 Å². The summed E-state index contributed by atoms with van der Waals surface area (Å²) in [7, 11) is 0. The van der Waals surface area contributed by atoms with Crippen molar-refractivity contribution in [1.29, 1.82) is 0 Å². The van der Waals surface area contributed by atoms with E-state index in [0.717, 1.165) is 22.5 Å². The van der Waals surface area contributed by atoms with Gasteiger partial charge in [0, 0.05) is 21.8 Å². The summed E-state index contributed by atoms with van der Waals surface area (Å²) < 4.78 is 0. The molecule has 0 aliphatic carbocycles. The third-order valence-electron chi connectivity index (χ3n) is 3.03. The Bertz CT molecular complexity index is 692. The molecule has 0 spiro atoms. The molecule has 1 heterocycles. The molecule has 0 atom stereocenters. The molecule has 0 radical (unpaired) electrons. The van der Waals surface area contributed by atoms with E-state index in [-0.39, 0.29) is 0 Å². The fraction of sp³-hybridized carbons (Fsp3) is 0. The third-order valence-corrected chi connectivity index (χ3v) is 3.27. The third kappa shape index (κ3) is 2.39. The first kappa shape index (κ1) is 12.7. The number of nitrogens with two attached hydrogens (primary N) is 1. The highest BCUT2D eigenvalue weighted by atomic mass is 35.5. The Morgan fingerprint density at radius 3 is 2.65 bits per heavy atom. The molecule has 100 valence electrons. The van der Waals surface area contributed by atoms with Crippen molar-refractivity contribution in [3.8, 4) is 0 Å². The lowest BCUT2D eigenvalue weighted by molar-refractivity contribution is 0.888. The van der Waals surface area contributed by atoms with Crippen LogP contribution in [0.3, 0.4) is 0 Å². The number of anilines is 1. The van der Waals surface area contributed by atoms with E-state index in [1.165, 1.54) is 0 Å². The van der Waals surface area contributed by atoms with Gasteiger partial charge < -0.3 is 10.7 Å². The molecule has 1 aliphatic rings. The van der Waals surface area contributed by atoms with Crippen LogP contribution in [0.2, 0.25) is 5.02 Å². The van der Waals surface area contributed by atoms with Crippen molar-refractivity contribution < 1.29 is 0 Å². The number of nitrogens with one attached hydrogen (secondary N) is 2. The summed E-state index contributed by atoms with van der Waals surface area (Å²) in [5.41, 5.74) is 6.29. The summed E-state index contributed by atoms with van der Waals surface area (Å²) in [6.07, 6.45) is 1.66. The molecular formula is C15H13ClN4. The van der Waals surface area contributed by atoms with Gasteiger partial charge in [-0.15, -0.1) is 0 Å². The number of nitrogens with zero attached hydrogens (tertiary/aromatic N) is 1. The van der Waals surface area contributed by atoms with Crippen LogP contribution in [0.15, 0.2) is 65.5 Å². The molecule has 0 fully saturated rings. The molecule has 0 saturated heterocycles. The molecule has 0 bridgehead atoms. The highest BCUT2D eigenvalue weighted by Crippen LogP contribution is 2.26. The second-order valence-corrected chi connectivity index (χ2v) is 4.78. The average molecular weight is 285 g/mol. The zero-order valence-corrected chi connectivity index (χ0v) is 11.4. The second-order valence-electron chi connectivity index (χ2n) is 4.35. The largest absolute Gasteiger partial charge is 0.339 e. The normalized spacial score (nSPS) is 13.5. The van der Waals surface area contributed by atoms with Gasteiger partial charge in [-0.25, -0.2) is 5.84 Å². The smallest absolute Gasteiger partial charge is 0.136 e. The monoisotopic (exact) mass is 284 g/mol. The Kier molecular flexibility index (Phi) is 3.41. The van der Waals surface area contributed by atoms with Crippen molar-refractivity contribution in [3.05, 3.63) is 76.7 Å². The van der Waals surface area contributed by atoms with Gasteiger partial charge in [0.05, 0.1) is 11.9 Å². The number of fused-ring (bicyclic) bond motifs is 1. The highest BCUT2D eigenvalue weighted by Gasteiger charge is 2.15. The Labute approximate surface area is 121 Å². The molecule has 0 saturated carbocycles. The van der Waals surface area contributed by atoms with Crippen LogP contribution in [0, 0.1) is 0 Å². The van der Waals surface area contributed by atoms with E-state index in [1.807, 2.05) is 48.5 Å². The Morgan fingerprint density at radius 1 is 1.10 bits per heavy atom. The zero-order valence-electron chi connectivity index (χ0n) is 10.6. The Morgan fingerprint density at radius 2 is 1.90 bits per heavy atom. The van der Waals surface area contributed by atoms with Crippen LogP contribution < -0.4 is 16.6 Å². The van der Waals surface area contributed by atoms with Gasteiger partial charge in [0.2, 0.25) is 0 Å². The van der Waals surface area contributed by atoms with E-state index < -0.39 is 0 Å². The topological polar surface area (TPSA) is 62.4 Å². The summed E-state index contributed by atoms with van der Waals surface area (Å²) in [6, 6.07) is 15.6. The molecule has 4 N–H and O–H groups in total. The van der Waals surface area contributed by atoms with Crippen LogP contribution in [0.4, 0.5) is 5.69 Å². The number of hydrazine groups is 1. The summed E-state index contributed by atoms with van der Waals surface area (Å²) in [5, 5.41) is 3.85. The minimum atomic E-state index is 0.625. The number of rotatable bonds is 2. The van der Waals surface area contributed by atoms with E-state index in [9.17, 15) is 0 Å². The lowest BCUT2D eigenvalue weighted by atomic mass is 10.0. The lowest BCUT2D eigenvalue weighted by Gasteiger charge is -2.12. The standard InChI is InChI=1S/C15H13ClN4/c16-11-6-7-13-12(8-11)15(10-4-2-1-3-5-10)18-9-14(19-13)20-17/h1-9,19-20H,17H2. The number of benzene rings is 2.